The van der Waals surface area contributed by atoms with Crippen molar-refractivity contribution in [2.24, 2.45) is 0 Å². The van der Waals surface area contributed by atoms with Gasteiger partial charge in [0.15, 0.2) is 0 Å². The van der Waals surface area contributed by atoms with Gasteiger partial charge < -0.3 is 25.4 Å². The number of halogens is 1. The number of methoxy groups -OCH3 is 1. The zero-order chi connectivity index (χ0) is 22.1. The lowest BCUT2D eigenvalue weighted by Gasteiger charge is -2.29. The molecule has 1 fully saturated rings. The van der Waals surface area contributed by atoms with E-state index in [0.717, 1.165) is 31.2 Å². The summed E-state index contributed by atoms with van der Waals surface area (Å²) in [5.74, 6) is 1.23. The molecule has 3 rings (SSSR count). The molecule has 9 heteroatoms. The number of anilines is 2. The molecule has 31 heavy (non-hydrogen) atoms. The Kier molecular flexibility index (Phi) is 8.40. The zero-order valence-corrected chi connectivity index (χ0v) is 18.0. The number of amides is 2. The number of benzene rings is 1. The van der Waals surface area contributed by atoms with E-state index >= 15 is 0 Å². The van der Waals surface area contributed by atoms with Crippen molar-refractivity contribution in [3.63, 3.8) is 0 Å². The van der Waals surface area contributed by atoms with E-state index in [9.17, 15) is 9.18 Å². The minimum Gasteiger partial charge on any atom is -0.474 e. The van der Waals surface area contributed by atoms with E-state index in [1.165, 1.54) is 6.33 Å². The number of aromatic nitrogens is 2. The molecule has 8 nitrogen and oxygen atoms in total. The van der Waals surface area contributed by atoms with Gasteiger partial charge in [-0.2, -0.15) is 0 Å². The molecule has 1 aromatic heterocycles. The third-order valence-electron chi connectivity index (χ3n) is 5.30. The second-order valence-electron chi connectivity index (χ2n) is 7.63. The Morgan fingerprint density at radius 3 is 2.74 bits per heavy atom. The maximum Gasteiger partial charge on any atom is 0.319 e. The Morgan fingerprint density at radius 2 is 2.00 bits per heavy atom. The lowest BCUT2D eigenvalue weighted by atomic mass is 9.93. The largest absolute Gasteiger partial charge is 0.474 e. The van der Waals surface area contributed by atoms with Crippen LogP contribution in [0.2, 0.25) is 0 Å². The summed E-state index contributed by atoms with van der Waals surface area (Å²) in [7, 11) is 1.65. The highest BCUT2D eigenvalue weighted by molar-refractivity contribution is 5.89. The topological polar surface area (TPSA) is 97.4 Å². The van der Waals surface area contributed by atoms with E-state index in [0.29, 0.717) is 36.1 Å². The molecule has 0 aliphatic heterocycles. The number of aryl methyl sites for hydroxylation is 1. The van der Waals surface area contributed by atoms with Crippen LogP contribution in [0.3, 0.4) is 0 Å². The van der Waals surface area contributed by atoms with Crippen molar-refractivity contribution in [2.45, 2.75) is 51.4 Å². The van der Waals surface area contributed by atoms with Crippen molar-refractivity contribution in [1.29, 1.82) is 0 Å². The monoisotopic (exact) mass is 431 g/mol. The fourth-order valence-electron chi connectivity index (χ4n) is 3.52. The lowest BCUT2D eigenvalue weighted by molar-refractivity contribution is 0.135. The van der Waals surface area contributed by atoms with Crippen LogP contribution >= 0.6 is 0 Å². The van der Waals surface area contributed by atoms with Crippen LogP contribution in [-0.2, 0) is 11.4 Å². The average Bonchev–Trinajstić information content (AvgIpc) is 2.77. The predicted molar refractivity (Wildman–Crippen MR) is 117 cm³/mol. The molecular formula is C22H30FN5O3. The number of rotatable bonds is 9. The van der Waals surface area contributed by atoms with Crippen LogP contribution in [0.1, 0.15) is 36.8 Å². The highest BCUT2D eigenvalue weighted by atomic mass is 19.1. The maximum absolute atomic E-state index is 13.0. The number of carbonyl (C=O) groups is 1. The van der Waals surface area contributed by atoms with Crippen LogP contribution in [0.4, 0.5) is 20.7 Å². The summed E-state index contributed by atoms with van der Waals surface area (Å²) in [5, 5.41) is 8.93. The Labute approximate surface area is 182 Å². The molecule has 0 bridgehead atoms. The van der Waals surface area contributed by atoms with E-state index in [2.05, 4.69) is 25.9 Å². The number of nitrogens with zero attached hydrogens (tertiary/aromatic N) is 2. The van der Waals surface area contributed by atoms with Gasteiger partial charge in [-0.15, -0.1) is 0 Å². The molecule has 1 aromatic carbocycles. The van der Waals surface area contributed by atoms with E-state index in [-0.39, 0.29) is 18.2 Å². The Morgan fingerprint density at radius 1 is 1.19 bits per heavy atom. The molecule has 0 saturated heterocycles. The van der Waals surface area contributed by atoms with Gasteiger partial charge >= 0.3 is 6.03 Å². The second kappa shape index (κ2) is 11.5. The first-order valence-electron chi connectivity index (χ1n) is 10.5. The fraction of sp³-hybridized carbons (Fsp3) is 0.500. The summed E-state index contributed by atoms with van der Waals surface area (Å²) in [6.45, 7) is 2.54. The standard InChI is InChI=1S/C22H30FN5O3/c1-15-3-4-18(11-16(15)13-23)28-22(29)27-17-5-7-19(8-6-17)31-21-12-20(25-14-26-21)24-9-10-30-2/h3-4,11-12,14,17,19H,5-10,13H2,1-2H3,(H,24,25,26)(H2,27,28,29). The van der Waals surface area contributed by atoms with Crippen molar-refractivity contribution < 1.29 is 18.7 Å². The van der Waals surface area contributed by atoms with Gasteiger partial charge in [0.05, 0.1) is 6.61 Å². The number of hydrogen-bond donors (Lipinski definition) is 3. The highest BCUT2D eigenvalue weighted by Crippen LogP contribution is 2.24. The number of nitrogens with one attached hydrogen (secondary N) is 3. The first-order valence-corrected chi connectivity index (χ1v) is 10.5. The van der Waals surface area contributed by atoms with Gasteiger partial charge in [-0.05, 0) is 55.9 Å². The molecule has 1 aliphatic rings. The number of hydrogen-bond acceptors (Lipinski definition) is 6. The summed E-state index contributed by atoms with van der Waals surface area (Å²) in [6.07, 6.45) is 4.78. The van der Waals surface area contributed by atoms with Crippen molar-refractivity contribution in [3.05, 3.63) is 41.7 Å². The van der Waals surface area contributed by atoms with Gasteiger partial charge in [0.25, 0.3) is 0 Å². The quantitative estimate of drug-likeness (QED) is 0.522. The zero-order valence-electron chi connectivity index (χ0n) is 18.0. The Bertz CT molecular complexity index is 859. The first kappa shape index (κ1) is 22.7. The molecular weight excluding hydrogens is 401 g/mol. The van der Waals surface area contributed by atoms with Crippen LogP contribution in [-0.4, -0.2) is 48.4 Å². The van der Waals surface area contributed by atoms with E-state index < -0.39 is 6.67 Å². The van der Waals surface area contributed by atoms with Crippen molar-refractivity contribution >= 4 is 17.5 Å². The van der Waals surface area contributed by atoms with Gasteiger partial charge in [0.2, 0.25) is 5.88 Å². The summed E-state index contributed by atoms with van der Waals surface area (Å²) < 4.78 is 24.0. The summed E-state index contributed by atoms with van der Waals surface area (Å²) in [5.41, 5.74) is 2.04. The minimum atomic E-state index is -0.552. The van der Waals surface area contributed by atoms with E-state index in [1.54, 1.807) is 31.4 Å². The molecule has 0 spiro atoms. The highest BCUT2D eigenvalue weighted by Gasteiger charge is 2.24. The van der Waals surface area contributed by atoms with E-state index in [1.807, 2.05) is 6.92 Å². The average molecular weight is 432 g/mol. The molecule has 1 heterocycles. The summed E-state index contributed by atoms with van der Waals surface area (Å²) in [6, 6.07) is 6.82. The molecule has 0 unspecified atom stereocenters. The van der Waals surface area contributed by atoms with Crippen LogP contribution in [0.5, 0.6) is 5.88 Å². The molecule has 168 valence electrons. The molecule has 1 saturated carbocycles. The predicted octanol–water partition coefficient (Wildman–Crippen LogP) is 3.82. The van der Waals surface area contributed by atoms with Gasteiger partial charge in [-0.3, -0.25) is 0 Å². The maximum atomic E-state index is 13.0. The van der Waals surface area contributed by atoms with Crippen LogP contribution in [0.15, 0.2) is 30.6 Å². The molecule has 3 N–H and O–H groups in total. The van der Waals surface area contributed by atoms with Crippen molar-refractivity contribution in [2.75, 3.05) is 30.9 Å². The van der Waals surface area contributed by atoms with Gasteiger partial charge in [-0.25, -0.2) is 19.2 Å². The fourth-order valence-corrected chi connectivity index (χ4v) is 3.52. The van der Waals surface area contributed by atoms with Crippen LogP contribution < -0.4 is 20.7 Å². The smallest absolute Gasteiger partial charge is 0.319 e. The third-order valence-corrected chi connectivity index (χ3v) is 5.30. The van der Waals surface area contributed by atoms with Gasteiger partial charge in [-0.1, -0.05) is 6.07 Å². The van der Waals surface area contributed by atoms with Gasteiger partial charge in [0.1, 0.15) is 24.9 Å². The summed E-state index contributed by atoms with van der Waals surface area (Å²) >= 11 is 0. The normalized spacial score (nSPS) is 18.3. The molecule has 0 atom stereocenters. The second-order valence-corrected chi connectivity index (χ2v) is 7.63. The van der Waals surface area contributed by atoms with Gasteiger partial charge in [0, 0.05) is 31.5 Å². The number of carbonyl (C=O) groups excluding carboxylic acids is 1. The summed E-state index contributed by atoms with van der Waals surface area (Å²) in [4.78, 5) is 20.7. The molecule has 0 radical (unpaired) electrons. The SMILES string of the molecule is COCCNc1cc(OC2CCC(NC(=O)Nc3ccc(C)c(CF)c3)CC2)ncn1. The van der Waals surface area contributed by atoms with Crippen LogP contribution in [0, 0.1) is 6.92 Å². The third kappa shape index (κ3) is 7.06. The Balaban J connectivity index is 1.42. The number of alkyl halides is 1. The first-order chi connectivity index (χ1) is 15.1. The molecule has 1 aliphatic carbocycles. The molecule has 2 amide bonds. The number of ether oxygens (including phenoxy) is 2. The van der Waals surface area contributed by atoms with E-state index in [4.69, 9.17) is 9.47 Å². The Hall–Kier alpha value is -2.94. The number of urea groups is 1. The lowest BCUT2D eigenvalue weighted by Crippen LogP contribution is -2.41. The van der Waals surface area contributed by atoms with Crippen LogP contribution in [0.25, 0.3) is 0 Å². The van der Waals surface area contributed by atoms with Crippen molar-refractivity contribution in [3.8, 4) is 5.88 Å². The minimum absolute atomic E-state index is 0.0482. The van der Waals surface area contributed by atoms with Crippen molar-refractivity contribution in [1.82, 2.24) is 15.3 Å². The molecule has 2 aromatic rings.